The van der Waals surface area contributed by atoms with Crippen molar-refractivity contribution in [3.8, 4) is 5.75 Å². The lowest BCUT2D eigenvalue weighted by Gasteiger charge is -2.46. The predicted octanol–water partition coefficient (Wildman–Crippen LogP) is 4.72. The van der Waals surface area contributed by atoms with Crippen LogP contribution in [0.15, 0.2) is 22.7 Å². The smallest absolute Gasteiger partial charge is 0.305 e. The summed E-state index contributed by atoms with van der Waals surface area (Å²) < 4.78 is 11.0. The Labute approximate surface area is 135 Å². The van der Waals surface area contributed by atoms with Crippen molar-refractivity contribution in [2.45, 2.75) is 45.6 Å². The van der Waals surface area contributed by atoms with Gasteiger partial charge in [0, 0.05) is 6.42 Å². The van der Waals surface area contributed by atoms with E-state index >= 15 is 0 Å². The highest BCUT2D eigenvalue weighted by atomic mass is 79.9. The summed E-state index contributed by atoms with van der Waals surface area (Å²) in [5.74, 6) is 3.00. The number of halogens is 1. The van der Waals surface area contributed by atoms with Crippen LogP contribution in [0.5, 0.6) is 5.75 Å². The monoisotopic (exact) mass is 354 g/mol. The highest BCUT2D eigenvalue weighted by molar-refractivity contribution is 9.10. The molecule has 1 aromatic carbocycles. The van der Waals surface area contributed by atoms with Gasteiger partial charge in [0.25, 0.3) is 0 Å². The number of esters is 1. The van der Waals surface area contributed by atoms with E-state index in [0.717, 1.165) is 15.8 Å². The van der Waals surface area contributed by atoms with E-state index in [4.69, 9.17) is 9.47 Å². The molecule has 0 saturated heterocycles. The molecule has 0 N–H and O–H groups in total. The zero-order valence-electron chi connectivity index (χ0n) is 12.7. The van der Waals surface area contributed by atoms with Gasteiger partial charge in [-0.15, -0.1) is 0 Å². The number of hydrogen-bond acceptors (Lipinski definition) is 3. The number of carbonyl (C=O) groups excluding carboxylic acids is 1. The third-order valence-corrected chi connectivity index (χ3v) is 5.01. The molecule has 0 unspecified atom stereocenters. The first-order valence-corrected chi connectivity index (χ1v) is 8.41. The van der Waals surface area contributed by atoms with Crippen molar-refractivity contribution >= 4 is 21.9 Å². The summed E-state index contributed by atoms with van der Waals surface area (Å²) in [4.78, 5) is 10.9. The van der Waals surface area contributed by atoms with E-state index in [2.05, 4.69) is 15.9 Å². The summed E-state index contributed by atoms with van der Waals surface area (Å²) in [7, 11) is 1.61. The first-order chi connectivity index (χ1) is 10.1. The van der Waals surface area contributed by atoms with Gasteiger partial charge in [-0.05, 0) is 71.1 Å². The number of rotatable bonds is 4. The normalized spacial score (nSPS) is 21.9. The van der Waals surface area contributed by atoms with Crippen molar-refractivity contribution in [2.24, 2.45) is 11.8 Å². The van der Waals surface area contributed by atoms with Crippen molar-refractivity contribution in [3.05, 3.63) is 28.2 Å². The highest BCUT2D eigenvalue weighted by Gasteiger charge is 2.37. The molecular formula is C17H23BrO3. The maximum Gasteiger partial charge on any atom is 0.305 e. The van der Waals surface area contributed by atoms with E-state index < -0.39 is 0 Å². The molecule has 0 amide bonds. The molecule has 2 aliphatic carbocycles. The molecule has 2 saturated carbocycles. The summed E-state index contributed by atoms with van der Waals surface area (Å²) in [6.07, 6.45) is 6.64. The fraction of sp³-hybridized carbons (Fsp3) is 0.588. The van der Waals surface area contributed by atoms with Crippen LogP contribution in [0.3, 0.4) is 0 Å². The molecule has 0 aliphatic heterocycles. The topological polar surface area (TPSA) is 35.5 Å². The first kappa shape index (κ1) is 16.3. The van der Waals surface area contributed by atoms with Crippen molar-refractivity contribution in [1.82, 2.24) is 0 Å². The molecule has 3 nitrogen and oxygen atoms in total. The Bertz CT molecular complexity index is 469. The van der Waals surface area contributed by atoms with Crippen LogP contribution >= 0.6 is 15.9 Å². The minimum absolute atomic E-state index is 0.193. The number of hydrogen-bond donors (Lipinski definition) is 0. The fourth-order valence-electron chi connectivity index (χ4n) is 2.63. The number of fused-ring (bicyclic) bond motifs is 1. The highest BCUT2D eigenvalue weighted by Crippen LogP contribution is 2.49. The zero-order valence-corrected chi connectivity index (χ0v) is 14.3. The molecular weight excluding hydrogens is 332 g/mol. The molecule has 0 heterocycles. The third-order valence-electron chi connectivity index (χ3n) is 4.39. The standard InChI is InChI=1S/C11H13BrO3.C6H10/c1-3-11(13)15-7-8-4-5-10(14-2)9(12)6-8;1-2-6-4-3-5(1)6/h4-6H,3,7H2,1-2H3;5-6H,1-4H2. The van der Waals surface area contributed by atoms with Crippen molar-refractivity contribution < 1.29 is 14.3 Å². The van der Waals surface area contributed by atoms with E-state index in [0.29, 0.717) is 13.0 Å². The minimum atomic E-state index is -0.193. The second-order valence-electron chi connectivity index (χ2n) is 5.66. The number of benzene rings is 1. The van der Waals surface area contributed by atoms with E-state index in [-0.39, 0.29) is 5.97 Å². The van der Waals surface area contributed by atoms with Crippen LogP contribution in [0.25, 0.3) is 0 Å². The molecule has 0 atom stereocenters. The SMILES string of the molecule is C1CC2CCC12.CCC(=O)OCc1ccc(OC)c(Br)c1. The lowest BCUT2D eigenvalue weighted by Crippen LogP contribution is -2.34. The molecule has 2 aliphatic rings. The second-order valence-corrected chi connectivity index (χ2v) is 6.51. The Hall–Kier alpha value is -1.03. The Kier molecular flexibility index (Phi) is 6.09. The maximum absolute atomic E-state index is 10.9. The Morgan fingerprint density at radius 3 is 2.24 bits per heavy atom. The zero-order chi connectivity index (χ0) is 15.2. The molecule has 0 radical (unpaired) electrons. The molecule has 21 heavy (non-hydrogen) atoms. The Balaban J connectivity index is 0.000000218. The second kappa shape index (κ2) is 7.83. The quantitative estimate of drug-likeness (QED) is 0.734. The number of carbonyl (C=O) groups is 1. The van der Waals surface area contributed by atoms with Gasteiger partial charge in [-0.2, -0.15) is 0 Å². The van der Waals surface area contributed by atoms with Crippen LogP contribution in [0, 0.1) is 11.8 Å². The third kappa shape index (κ3) is 4.47. The molecule has 2 fully saturated rings. The van der Waals surface area contributed by atoms with Crippen LogP contribution < -0.4 is 4.74 Å². The summed E-state index contributed by atoms with van der Waals surface area (Å²) in [5, 5.41) is 0. The van der Waals surface area contributed by atoms with Crippen LogP contribution in [0.2, 0.25) is 0 Å². The lowest BCUT2D eigenvalue weighted by molar-refractivity contribution is -0.144. The summed E-state index contributed by atoms with van der Waals surface area (Å²) in [6.45, 7) is 2.07. The minimum Gasteiger partial charge on any atom is -0.496 e. The molecule has 4 heteroatoms. The van der Waals surface area contributed by atoms with Gasteiger partial charge < -0.3 is 9.47 Å². The van der Waals surface area contributed by atoms with Crippen molar-refractivity contribution in [2.75, 3.05) is 7.11 Å². The number of methoxy groups -OCH3 is 1. The summed E-state index contributed by atoms with van der Waals surface area (Å²) in [6, 6.07) is 5.58. The van der Waals surface area contributed by atoms with Gasteiger partial charge in [0.1, 0.15) is 12.4 Å². The van der Waals surface area contributed by atoms with E-state index in [1.807, 2.05) is 18.2 Å². The van der Waals surface area contributed by atoms with Crippen LogP contribution in [0.4, 0.5) is 0 Å². The van der Waals surface area contributed by atoms with Crippen LogP contribution in [-0.2, 0) is 16.1 Å². The first-order valence-electron chi connectivity index (χ1n) is 7.62. The van der Waals surface area contributed by atoms with Crippen LogP contribution in [0.1, 0.15) is 44.6 Å². The van der Waals surface area contributed by atoms with Gasteiger partial charge >= 0.3 is 5.97 Å². The molecule has 0 bridgehead atoms. The lowest BCUT2D eigenvalue weighted by atomic mass is 9.60. The summed E-state index contributed by atoms with van der Waals surface area (Å²) in [5.41, 5.74) is 0.935. The molecule has 0 spiro atoms. The largest absolute Gasteiger partial charge is 0.496 e. The average molecular weight is 355 g/mol. The Morgan fingerprint density at radius 1 is 1.24 bits per heavy atom. The number of ether oxygens (including phenoxy) is 2. The molecule has 3 rings (SSSR count). The van der Waals surface area contributed by atoms with Gasteiger partial charge in [-0.1, -0.05) is 13.0 Å². The van der Waals surface area contributed by atoms with Gasteiger partial charge in [0.2, 0.25) is 0 Å². The van der Waals surface area contributed by atoms with Crippen LogP contribution in [-0.4, -0.2) is 13.1 Å². The maximum atomic E-state index is 10.9. The predicted molar refractivity (Wildman–Crippen MR) is 86.2 cm³/mol. The molecule has 0 aromatic heterocycles. The average Bonchev–Trinajstić information content (AvgIpc) is 2.49. The van der Waals surface area contributed by atoms with Gasteiger partial charge in [-0.25, -0.2) is 0 Å². The molecule has 1 aromatic rings. The van der Waals surface area contributed by atoms with Gasteiger partial charge in [0.05, 0.1) is 11.6 Å². The molecule has 116 valence electrons. The van der Waals surface area contributed by atoms with Crippen molar-refractivity contribution in [1.29, 1.82) is 0 Å². The van der Waals surface area contributed by atoms with E-state index in [1.165, 1.54) is 11.8 Å². The van der Waals surface area contributed by atoms with E-state index in [1.54, 1.807) is 39.7 Å². The Morgan fingerprint density at radius 2 is 1.86 bits per heavy atom. The van der Waals surface area contributed by atoms with Crippen molar-refractivity contribution in [3.63, 3.8) is 0 Å². The summed E-state index contributed by atoms with van der Waals surface area (Å²) >= 11 is 3.37. The van der Waals surface area contributed by atoms with Gasteiger partial charge in [-0.3, -0.25) is 4.79 Å². The van der Waals surface area contributed by atoms with Gasteiger partial charge in [0.15, 0.2) is 0 Å². The van der Waals surface area contributed by atoms with E-state index in [9.17, 15) is 4.79 Å². The fourth-order valence-corrected chi connectivity index (χ4v) is 3.22.